The minimum Gasteiger partial charge on any atom is -0.477 e. The highest BCUT2D eigenvalue weighted by Crippen LogP contribution is 2.26. The van der Waals surface area contributed by atoms with Gasteiger partial charge >= 0.3 is 0 Å². The van der Waals surface area contributed by atoms with E-state index >= 15 is 0 Å². The molecule has 0 aliphatic carbocycles. The molecule has 0 aromatic heterocycles. The Morgan fingerprint density at radius 2 is 2.67 bits per heavy atom. The second kappa shape index (κ2) is 5.25. The largest absolute Gasteiger partial charge is 0.477 e. The molecule has 1 unspecified atom stereocenters. The fraction of sp³-hybridized carbons (Fsp3) is 0.667. The molecular weight excluding hydrogens is 172 g/mol. The van der Waals surface area contributed by atoms with E-state index in [1.165, 1.54) is 12.8 Å². The average molecular weight is 186 g/mol. The van der Waals surface area contributed by atoms with Crippen LogP contribution in [0.1, 0.15) is 26.2 Å². The molecule has 1 rings (SSSR count). The number of hydrogen-bond acceptors (Lipinski definition) is 3. The Balaban J connectivity index is 2.14. The summed E-state index contributed by atoms with van der Waals surface area (Å²) in [6, 6.07) is 0. The molecule has 1 aliphatic rings. The molecular formula is C9H14O2S. The second-order valence-electron chi connectivity index (χ2n) is 2.75. The molecule has 0 fully saturated rings. The number of hydrogen-bond donors (Lipinski definition) is 0. The normalized spacial score (nSPS) is 21.8. The van der Waals surface area contributed by atoms with Gasteiger partial charge in [-0.15, -0.1) is 0 Å². The number of rotatable bonds is 5. The predicted molar refractivity (Wildman–Crippen MR) is 51.0 cm³/mol. The Kier molecular flexibility index (Phi) is 4.22. The molecule has 0 amide bonds. The summed E-state index contributed by atoms with van der Waals surface area (Å²) < 4.78 is 5.31. The lowest BCUT2D eigenvalue weighted by Gasteiger charge is -2.05. The topological polar surface area (TPSA) is 26.3 Å². The fourth-order valence-corrected chi connectivity index (χ4v) is 1.99. The first-order valence-electron chi connectivity index (χ1n) is 4.31. The van der Waals surface area contributed by atoms with E-state index in [1.54, 1.807) is 11.8 Å². The van der Waals surface area contributed by atoms with E-state index in [2.05, 4.69) is 6.92 Å². The highest BCUT2D eigenvalue weighted by molar-refractivity contribution is 8.02. The van der Waals surface area contributed by atoms with E-state index in [0.29, 0.717) is 0 Å². The van der Waals surface area contributed by atoms with Crippen molar-refractivity contribution in [2.45, 2.75) is 32.3 Å². The molecule has 1 aliphatic heterocycles. The van der Waals surface area contributed by atoms with E-state index in [0.717, 1.165) is 23.6 Å². The maximum absolute atomic E-state index is 10.3. The molecule has 0 saturated carbocycles. The van der Waals surface area contributed by atoms with Crippen molar-refractivity contribution >= 4 is 18.0 Å². The number of aldehydes is 1. The number of carbonyl (C=O) groups is 1. The number of ether oxygens (including phenoxy) is 1. The Bertz CT molecular complexity index is 177. The van der Waals surface area contributed by atoms with Gasteiger partial charge in [0.1, 0.15) is 5.09 Å². The van der Waals surface area contributed by atoms with Gasteiger partial charge in [0.15, 0.2) is 12.4 Å². The van der Waals surface area contributed by atoms with Gasteiger partial charge in [-0.2, -0.15) is 0 Å². The van der Waals surface area contributed by atoms with Crippen molar-refractivity contribution in [1.29, 1.82) is 0 Å². The second-order valence-corrected chi connectivity index (χ2v) is 3.85. The van der Waals surface area contributed by atoms with Crippen LogP contribution in [0, 0.1) is 0 Å². The third-order valence-electron chi connectivity index (χ3n) is 1.68. The van der Waals surface area contributed by atoms with Crippen molar-refractivity contribution in [3.8, 4) is 0 Å². The van der Waals surface area contributed by atoms with Crippen molar-refractivity contribution in [3.05, 3.63) is 11.2 Å². The first-order valence-corrected chi connectivity index (χ1v) is 5.30. The number of thioether (sulfide) groups is 1. The van der Waals surface area contributed by atoms with Gasteiger partial charge in [0.2, 0.25) is 0 Å². The maximum atomic E-state index is 10.3. The molecule has 3 heteroatoms. The lowest BCUT2D eigenvalue weighted by molar-refractivity contribution is -0.114. The van der Waals surface area contributed by atoms with E-state index in [4.69, 9.17) is 4.74 Å². The van der Waals surface area contributed by atoms with E-state index in [-0.39, 0.29) is 6.10 Å². The SMILES string of the molecule is CCCCSC1=CCC(C=O)O1. The molecule has 0 saturated heterocycles. The van der Waals surface area contributed by atoms with E-state index in [1.807, 2.05) is 6.08 Å². The van der Waals surface area contributed by atoms with Crippen LogP contribution >= 0.6 is 11.8 Å². The smallest absolute Gasteiger partial charge is 0.160 e. The van der Waals surface area contributed by atoms with Crippen molar-refractivity contribution in [2.75, 3.05) is 5.75 Å². The maximum Gasteiger partial charge on any atom is 0.160 e. The van der Waals surface area contributed by atoms with Crippen LogP contribution in [0.2, 0.25) is 0 Å². The van der Waals surface area contributed by atoms with Gasteiger partial charge in [0.25, 0.3) is 0 Å². The number of unbranched alkanes of at least 4 members (excludes halogenated alkanes) is 1. The molecule has 68 valence electrons. The van der Waals surface area contributed by atoms with Crippen molar-refractivity contribution in [1.82, 2.24) is 0 Å². The van der Waals surface area contributed by atoms with Gasteiger partial charge in [-0.1, -0.05) is 25.1 Å². The third kappa shape index (κ3) is 2.89. The first kappa shape index (κ1) is 9.65. The Morgan fingerprint density at radius 3 is 3.25 bits per heavy atom. The number of carbonyl (C=O) groups excluding carboxylic acids is 1. The average Bonchev–Trinajstić information content (AvgIpc) is 2.53. The zero-order valence-electron chi connectivity index (χ0n) is 7.29. The molecule has 1 atom stereocenters. The first-order chi connectivity index (χ1) is 5.86. The monoisotopic (exact) mass is 186 g/mol. The van der Waals surface area contributed by atoms with Crippen molar-refractivity contribution in [2.24, 2.45) is 0 Å². The highest BCUT2D eigenvalue weighted by atomic mass is 32.2. The van der Waals surface area contributed by atoms with Gasteiger partial charge in [-0.05, 0) is 12.5 Å². The summed E-state index contributed by atoms with van der Waals surface area (Å²) in [5, 5.41) is 0.931. The minimum absolute atomic E-state index is 0.214. The van der Waals surface area contributed by atoms with E-state index in [9.17, 15) is 4.79 Å². The van der Waals surface area contributed by atoms with Gasteiger partial charge in [-0.3, -0.25) is 4.79 Å². The molecule has 0 bridgehead atoms. The Morgan fingerprint density at radius 1 is 1.83 bits per heavy atom. The quantitative estimate of drug-likeness (QED) is 0.487. The zero-order valence-corrected chi connectivity index (χ0v) is 8.10. The fourth-order valence-electron chi connectivity index (χ4n) is 0.951. The van der Waals surface area contributed by atoms with Crippen molar-refractivity contribution < 1.29 is 9.53 Å². The molecule has 2 nitrogen and oxygen atoms in total. The van der Waals surface area contributed by atoms with Crippen LogP contribution in [-0.2, 0) is 9.53 Å². The van der Waals surface area contributed by atoms with Crippen LogP contribution in [0.5, 0.6) is 0 Å². The molecule has 0 aromatic rings. The van der Waals surface area contributed by atoms with Gasteiger partial charge in [-0.25, -0.2) is 0 Å². The summed E-state index contributed by atoms with van der Waals surface area (Å²) in [6.07, 6.45) is 5.81. The molecule has 0 aromatic carbocycles. The Labute approximate surface area is 77.4 Å². The summed E-state index contributed by atoms with van der Waals surface area (Å²) >= 11 is 1.71. The van der Waals surface area contributed by atoms with Crippen LogP contribution in [0.3, 0.4) is 0 Å². The summed E-state index contributed by atoms with van der Waals surface area (Å²) in [5.41, 5.74) is 0. The molecule has 0 spiro atoms. The van der Waals surface area contributed by atoms with Gasteiger partial charge in [0, 0.05) is 12.2 Å². The summed E-state index contributed by atoms with van der Waals surface area (Å²) in [4.78, 5) is 10.3. The van der Waals surface area contributed by atoms with Crippen molar-refractivity contribution in [3.63, 3.8) is 0 Å². The molecule has 0 radical (unpaired) electrons. The van der Waals surface area contributed by atoms with Gasteiger partial charge in [0.05, 0.1) is 0 Å². The standard InChI is InChI=1S/C9H14O2S/c1-2-3-6-12-9-5-4-8(7-10)11-9/h5,7-8H,2-4,6H2,1H3. The van der Waals surface area contributed by atoms with Crippen LogP contribution in [0.25, 0.3) is 0 Å². The predicted octanol–water partition coefficient (Wildman–Crippen LogP) is 2.35. The summed E-state index contributed by atoms with van der Waals surface area (Å²) in [7, 11) is 0. The van der Waals surface area contributed by atoms with Crippen LogP contribution in [-0.4, -0.2) is 18.1 Å². The third-order valence-corrected chi connectivity index (χ3v) is 2.72. The summed E-state index contributed by atoms with van der Waals surface area (Å²) in [5.74, 6) is 1.09. The van der Waals surface area contributed by atoms with Crippen LogP contribution in [0.15, 0.2) is 11.2 Å². The Hall–Kier alpha value is -0.440. The lowest BCUT2D eigenvalue weighted by atomic mass is 10.3. The lowest BCUT2D eigenvalue weighted by Crippen LogP contribution is -2.05. The van der Waals surface area contributed by atoms with Crippen LogP contribution in [0.4, 0.5) is 0 Å². The summed E-state index contributed by atoms with van der Waals surface area (Å²) in [6.45, 7) is 2.17. The molecule has 1 heterocycles. The van der Waals surface area contributed by atoms with E-state index < -0.39 is 0 Å². The zero-order chi connectivity index (χ0) is 8.81. The minimum atomic E-state index is -0.214. The molecule has 12 heavy (non-hydrogen) atoms. The molecule has 0 N–H and O–H groups in total. The van der Waals surface area contributed by atoms with Gasteiger partial charge < -0.3 is 4.74 Å². The van der Waals surface area contributed by atoms with Crippen LogP contribution < -0.4 is 0 Å². The highest BCUT2D eigenvalue weighted by Gasteiger charge is 2.16.